The SMILES string of the molecule is Cc1ccnc(OC/C(=C/Nc2ccc(F)c(C(F)F)c2)N=N)c1. The Kier molecular flexibility index (Phi) is 5.89. The summed E-state index contributed by atoms with van der Waals surface area (Å²) in [7, 11) is 0. The molecule has 2 rings (SSSR count). The Morgan fingerprint density at radius 1 is 1.38 bits per heavy atom. The van der Waals surface area contributed by atoms with Crippen LogP contribution in [-0.2, 0) is 0 Å². The minimum Gasteiger partial charge on any atom is -0.471 e. The molecule has 0 atom stereocenters. The molecule has 1 aromatic carbocycles. The van der Waals surface area contributed by atoms with E-state index in [9.17, 15) is 13.2 Å². The first kappa shape index (κ1) is 17.5. The van der Waals surface area contributed by atoms with Crippen molar-refractivity contribution in [1.29, 1.82) is 5.53 Å². The second-order valence-electron chi connectivity index (χ2n) is 4.89. The van der Waals surface area contributed by atoms with E-state index < -0.39 is 17.8 Å². The van der Waals surface area contributed by atoms with Crippen molar-refractivity contribution >= 4 is 5.69 Å². The molecule has 0 spiro atoms. The predicted octanol–water partition coefficient (Wildman–Crippen LogP) is 4.83. The smallest absolute Gasteiger partial charge is 0.266 e. The molecule has 2 N–H and O–H groups in total. The highest BCUT2D eigenvalue weighted by Gasteiger charge is 2.13. The number of rotatable bonds is 7. The second kappa shape index (κ2) is 8.09. The van der Waals surface area contributed by atoms with Crippen molar-refractivity contribution in [3.05, 3.63) is 65.4 Å². The monoisotopic (exact) mass is 336 g/mol. The lowest BCUT2D eigenvalue weighted by atomic mass is 10.2. The summed E-state index contributed by atoms with van der Waals surface area (Å²) in [6.45, 7) is 1.85. The fraction of sp³-hybridized carbons (Fsp3) is 0.188. The van der Waals surface area contributed by atoms with E-state index in [1.807, 2.05) is 13.0 Å². The van der Waals surface area contributed by atoms with Crippen LogP contribution in [0.25, 0.3) is 0 Å². The number of hydrogen-bond acceptors (Lipinski definition) is 5. The molecule has 0 bridgehead atoms. The Balaban J connectivity index is 2.03. The van der Waals surface area contributed by atoms with Crippen molar-refractivity contribution in [2.24, 2.45) is 5.11 Å². The van der Waals surface area contributed by atoms with Gasteiger partial charge in [-0.05, 0) is 36.8 Å². The van der Waals surface area contributed by atoms with Gasteiger partial charge in [0.25, 0.3) is 6.43 Å². The van der Waals surface area contributed by atoms with Gasteiger partial charge >= 0.3 is 0 Å². The van der Waals surface area contributed by atoms with Crippen LogP contribution in [0.2, 0.25) is 0 Å². The Bertz CT molecular complexity index is 750. The first-order chi connectivity index (χ1) is 11.5. The first-order valence-electron chi connectivity index (χ1n) is 6.95. The molecule has 0 radical (unpaired) electrons. The third-order valence-electron chi connectivity index (χ3n) is 3.04. The topological polar surface area (TPSA) is 70.4 Å². The van der Waals surface area contributed by atoms with Gasteiger partial charge in [0.2, 0.25) is 5.88 Å². The van der Waals surface area contributed by atoms with E-state index in [2.05, 4.69) is 15.4 Å². The maximum absolute atomic E-state index is 13.2. The van der Waals surface area contributed by atoms with Crippen molar-refractivity contribution in [3.8, 4) is 5.88 Å². The minimum atomic E-state index is -2.91. The quantitative estimate of drug-likeness (QED) is 0.712. The highest BCUT2D eigenvalue weighted by molar-refractivity contribution is 5.49. The van der Waals surface area contributed by atoms with Crippen LogP contribution < -0.4 is 10.1 Å². The lowest BCUT2D eigenvalue weighted by molar-refractivity contribution is 0.146. The highest BCUT2D eigenvalue weighted by Crippen LogP contribution is 2.25. The van der Waals surface area contributed by atoms with Crippen LogP contribution in [0.5, 0.6) is 5.88 Å². The van der Waals surface area contributed by atoms with Crippen LogP contribution in [0.3, 0.4) is 0 Å². The summed E-state index contributed by atoms with van der Waals surface area (Å²) in [6.07, 6.45) is 0.00610. The molecule has 0 fully saturated rings. The molecule has 0 aliphatic heterocycles. The van der Waals surface area contributed by atoms with Gasteiger partial charge in [-0.25, -0.2) is 23.7 Å². The molecule has 0 unspecified atom stereocenters. The van der Waals surface area contributed by atoms with Crippen molar-refractivity contribution in [2.45, 2.75) is 13.3 Å². The number of anilines is 1. The van der Waals surface area contributed by atoms with E-state index in [-0.39, 0.29) is 18.0 Å². The maximum atomic E-state index is 13.2. The maximum Gasteiger partial charge on any atom is 0.266 e. The van der Waals surface area contributed by atoms with Crippen molar-refractivity contribution < 1.29 is 17.9 Å². The molecule has 5 nitrogen and oxygen atoms in total. The first-order valence-corrected chi connectivity index (χ1v) is 6.95. The number of hydrogen-bond donors (Lipinski definition) is 2. The molecule has 8 heteroatoms. The van der Waals surface area contributed by atoms with Gasteiger partial charge in [-0.1, -0.05) is 0 Å². The Labute approximate surface area is 136 Å². The van der Waals surface area contributed by atoms with Gasteiger partial charge in [0.1, 0.15) is 18.1 Å². The third kappa shape index (κ3) is 4.80. The number of ether oxygens (including phenoxy) is 1. The highest BCUT2D eigenvalue weighted by atomic mass is 19.3. The average Bonchev–Trinajstić information content (AvgIpc) is 2.56. The molecule has 126 valence electrons. The number of aromatic nitrogens is 1. The molecule has 0 amide bonds. The zero-order valence-electron chi connectivity index (χ0n) is 12.8. The zero-order chi connectivity index (χ0) is 17.5. The molecule has 1 heterocycles. The fourth-order valence-corrected chi connectivity index (χ4v) is 1.81. The number of halogens is 3. The largest absolute Gasteiger partial charge is 0.471 e. The standard InChI is InChI=1S/C16H15F3N4O/c1-10-4-5-21-15(6-10)24-9-12(23-20)8-22-11-2-3-14(17)13(7-11)16(18)19/h2-8,16,20,22H,9H2,1H3/b12-8-,23-20?. The van der Waals surface area contributed by atoms with Crippen LogP contribution in [0.4, 0.5) is 18.9 Å². The summed E-state index contributed by atoms with van der Waals surface area (Å²) in [5.41, 5.74) is 7.85. The molecule has 0 saturated heterocycles. The number of aryl methyl sites for hydroxylation is 1. The summed E-state index contributed by atoms with van der Waals surface area (Å²) < 4.78 is 43.9. The van der Waals surface area contributed by atoms with E-state index in [0.717, 1.165) is 17.7 Å². The minimum absolute atomic E-state index is 0.0319. The summed E-state index contributed by atoms with van der Waals surface area (Å²) in [4.78, 5) is 4.01. The molecular weight excluding hydrogens is 321 g/mol. The predicted molar refractivity (Wildman–Crippen MR) is 82.7 cm³/mol. The van der Waals surface area contributed by atoms with Crippen LogP contribution in [0.1, 0.15) is 17.6 Å². The van der Waals surface area contributed by atoms with E-state index in [0.29, 0.717) is 5.88 Å². The normalized spacial score (nSPS) is 11.5. The average molecular weight is 336 g/mol. The lowest BCUT2D eigenvalue weighted by Gasteiger charge is -2.08. The van der Waals surface area contributed by atoms with Gasteiger partial charge in [-0.2, -0.15) is 5.11 Å². The fourth-order valence-electron chi connectivity index (χ4n) is 1.81. The summed E-state index contributed by atoms with van der Waals surface area (Å²) in [5.74, 6) is -0.592. The lowest BCUT2D eigenvalue weighted by Crippen LogP contribution is -2.03. The van der Waals surface area contributed by atoms with E-state index in [1.54, 1.807) is 12.3 Å². The van der Waals surface area contributed by atoms with E-state index in [4.69, 9.17) is 10.3 Å². The number of alkyl halides is 2. The number of nitrogens with one attached hydrogen (secondary N) is 2. The van der Waals surface area contributed by atoms with Crippen LogP contribution in [0, 0.1) is 18.3 Å². The van der Waals surface area contributed by atoms with Gasteiger partial charge < -0.3 is 10.1 Å². The van der Waals surface area contributed by atoms with Crippen molar-refractivity contribution in [3.63, 3.8) is 0 Å². The Morgan fingerprint density at radius 3 is 2.83 bits per heavy atom. The van der Waals surface area contributed by atoms with Gasteiger partial charge in [-0.3, -0.25) is 0 Å². The van der Waals surface area contributed by atoms with Gasteiger partial charge in [0.05, 0.1) is 5.56 Å². The van der Waals surface area contributed by atoms with Gasteiger partial charge in [0, 0.05) is 24.2 Å². The molecular formula is C16H15F3N4O. The summed E-state index contributed by atoms with van der Waals surface area (Å²) in [5, 5.41) is 5.98. The molecule has 1 aromatic heterocycles. The van der Waals surface area contributed by atoms with E-state index in [1.165, 1.54) is 12.3 Å². The summed E-state index contributed by atoms with van der Waals surface area (Å²) in [6, 6.07) is 6.80. The number of benzene rings is 1. The number of nitrogens with zero attached hydrogens (tertiary/aromatic N) is 2. The molecule has 24 heavy (non-hydrogen) atoms. The Morgan fingerprint density at radius 2 is 2.17 bits per heavy atom. The van der Waals surface area contributed by atoms with Gasteiger partial charge in [0.15, 0.2) is 0 Å². The Hall–Kier alpha value is -2.90. The third-order valence-corrected chi connectivity index (χ3v) is 3.04. The van der Waals surface area contributed by atoms with E-state index >= 15 is 0 Å². The second-order valence-corrected chi connectivity index (χ2v) is 4.89. The molecule has 0 aliphatic carbocycles. The van der Waals surface area contributed by atoms with Crippen LogP contribution in [0.15, 0.2) is 53.5 Å². The van der Waals surface area contributed by atoms with Crippen LogP contribution in [-0.4, -0.2) is 11.6 Å². The molecule has 0 aliphatic rings. The molecule has 2 aromatic rings. The zero-order valence-corrected chi connectivity index (χ0v) is 12.8. The van der Waals surface area contributed by atoms with Crippen molar-refractivity contribution in [2.75, 3.05) is 11.9 Å². The number of pyridine rings is 1. The summed E-state index contributed by atoms with van der Waals surface area (Å²) >= 11 is 0. The van der Waals surface area contributed by atoms with Crippen LogP contribution >= 0.6 is 0 Å². The molecule has 0 saturated carbocycles. The van der Waals surface area contributed by atoms with Crippen molar-refractivity contribution in [1.82, 2.24) is 4.98 Å². The van der Waals surface area contributed by atoms with Gasteiger partial charge in [-0.15, -0.1) is 0 Å².